The van der Waals surface area contributed by atoms with Crippen molar-refractivity contribution < 1.29 is 4.74 Å². The van der Waals surface area contributed by atoms with Crippen molar-refractivity contribution in [3.05, 3.63) is 0 Å². The maximum atomic E-state index is 5.77. The fraction of sp³-hybridized carbons (Fsp3) is 1.00. The van der Waals surface area contributed by atoms with Crippen molar-refractivity contribution in [3.8, 4) is 0 Å². The molecule has 0 aliphatic heterocycles. The van der Waals surface area contributed by atoms with Crippen LogP contribution in [0.3, 0.4) is 0 Å². The fourth-order valence-electron chi connectivity index (χ4n) is 0.902. The molecule has 1 unspecified atom stereocenters. The van der Waals surface area contributed by atoms with E-state index in [9.17, 15) is 0 Å². The number of rotatable bonds is 7. The summed E-state index contributed by atoms with van der Waals surface area (Å²) in [5.41, 5.74) is 0.0299. The molecule has 0 rings (SSSR count). The van der Waals surface area contributed by atoms with Crippen molar-refractivity contribution in [2.45, 2.75) is 59.1 Å². The zero-order chi connectivity index (χ0) is 10.3. The Morgan fingerprint density at radius 1 is 1.31 bits per heavy atom. The summed E-state index contributed by atoms with van der Waals surface area (Å²) in [5.74, 6) is 0. The number of hydrogen-bond donors (Lipinski definition) is 1. The molecule has 0 saturated carbocycles. The summed E-state index contributed by atoms with van der Waals surface area (Å²) in [4.78, 5) is 0. The van der Waals surface area contributed by atoms with Crippen LogP contribution in [-0.4, -0.2) is 24.8 Å². The van der Waals surface area contributed by atoms with Crippen LogP contribution in [0.4, 0.5) is 0 Å². The molecule has 0 saturated heterocycles. The van der Waals surface area contributed by atoms with E-state index in [2.05, 4.69) is 39.9 Å². The van der Waals surface area contributed by atoms with E-state index >= 15 is 0 Å². The van der Waals surface area contributed by atoms with E-state index in [-0.39, 0.29) is 5.60 Å². The van der Waals surface area contributed by atoms with Gasteiger partial charge >= 0.3 is 0 Å². The summed E-state index contributed by atoms with van der Waals surface area (Å²) >= 11 is 0. The van der Waals surface area contributed by atoms with Gasteiger partial charge in [-0.3, -0.25) is 0 Å². The van der Waals surface area contributed by atoms with Gasteiger partial charge in [0, 0.05) is 6.04 Å². The maximum Gasteiger partial charge on any atom is 0.0624 e. The Labute approximate surface area is 83.1 Å². The van der Waals surface area contributed by atoms with Gasteiger partial charge in [0.15, 0.2) is 0 Å². The first kappa shape index (κ1) is 12.9. The van der Waals surface area contributed by atoms with Crippen LogP contribution in [0.5, 0.6) is 0 Å². The highest BCUT2D eigenvalue weighted by Crippen LogP contribution is 2.13. The van der Waals surface area contributed by atoms with E-state index < -0.39 is 0 Å². The second-order valence-corrected chi connectivity index (χ2v) is 4.28. The molecule has 0 aromatic heterocycles. The first-order chi connectivity index (χ1) is 6.02. The topological polar surface area (TPSA) is 21.3 Å². The average Bonchev–Trinajstić information content (AvgIpc) is 2.11. The van der Waals surface area contributed by atoms with Crippen LogP contribution in [0.25, 0.3) is 0 Å². The average molecular weight is 187 g/mol. The first-order valence-electron chi connectivity index (χ1n) is 5.39. The van der Waals surface area contributed by atoms with E-state index in [4.69, 9.17) is 4.74 Å². The summed E-state index contributed by atoms with van der Waals surface area (Å²) in [6.07, 6.45) is 2.25. The number of hydrogen-bond acceptors (Lipinski definition) is 2. The van der Waals surface area contributed by atoms with Crippen LogP contribution in [0.2, 0.25) is 0 Å². The van der Waals surface area contributed by atoms with E-state index in [1.807, 2.05) is 0 Å². The Morgan fingerprint density at radius 3 is 2.38 bits per heavy atom. The van der Waals surface area contributed by atoms with Gasteiger partial charge in [0.1, 0.15) is 0 Å². The molecule has 13 heavy (non-hydrogen) atoms. The number of nitrogens with one attached hydrogen (secondary N) is 1. The summed E-state index contributed by atoms with van der Waals surface area (Å²) in [6.45, 7) is 12.7. The Kier molecular flexibility index (Phi) is 6.35. The van der Waals surface area contributed by atoms with Gasteiger partial charge in [-0.25, -0.2) is 0 Å². The summed E-state index contributed by atoms with van der Waals surface area (Å²) in [7, 11) is 0. The van der Waals surface area contributed by atoms with E-state index in [0.29, 0.717) is 6.04 Å². The minimum Gasteiger partial charge on any atom is -0.374 e. The Morgan fingerprint density at radius 2 is 1.92 bits per heavy atom. The Balaban J connectivity index is 3.51. The highest BCUT2D eigenvalue weighted by atomic mass is 16.5. The second kappa shape index (κ2) is 6.39. The summed E-state index contributed by atoms with van der Waals surface area (Å²) in [6, 6.07) is 0.464. The largest absolute Gasteiger partial charge is 0.374 e. The molecule has 80 valence electrons. The van der Waals surface area contributed by atoms with Crippen LogP contribution in [0.1, 0.15) is 47.5 Å². The first-order valence-corrected chi connectivity index (χ1v) is 5.39. The third-order valence-electron chi connectivity index (χ3n) is 2.32. The van der Waals surface area contributed by atoms with E-state index in [1.165, 1.54) is 6.42 Å². The van der Waals surface area contributed by atoms with Gasteiger partial charge in [-0.2, -0.15) is 0 Å². The Bertz CT molecular complexity index is 123. The van der Waals surface area contributed by atoms with Crippen molar-refractivity contribution in [1.29, 1.82) is 0 Å². The minimum atomic E-state index is 0.0299. The van der Waals surface area contributed by atoms with Crippen molar-refractivity contribution in [2.75, 3.05) is 13.2 Å². The molecular weight excluding hydrogens is 162 g/mol. The zero-order valence-corrected chi connectivity index (χ0v) is 9.81. The van der Waals surface area contributed by atoms with Gasteiger partial charge in [0.2, 0.25) is 0 Å². The van der Waals surface area contributed by atoms with Crippen molar-refractivity contribution in [2.24, 2.45) is 0 Å². The minimum absolute atomic E-state index is 0.0299. The monoisotopic (exact) mass is 187 g/mol. The second-order valence-electron chi connectivity index (χ2n) is 4.28. The van der Waals surface area contributed by atoms with Crippen molar-refractivity contribution in [1.82, 2.24) is 5.32 Å². The molecule has 0 aromatic carbocycles. The van der Waals surface area contributed by atoms with Gasteiger partial charge < -0.3 is 10.1 Å². The lowest BCUT2D eigenvalue weighted by Gasteiger charge is -2.26. The third kappa shape index (κ3) is 7.03. The van der Waals surface area contributed by atoms with Gasteiger partial charge in [0.25, 0.3) is 0 Å². The lowest BCUT2D eigenvalue weighted by atomic mass is 10.1. The predicted molar refractivity (Wildman–Crippen MR) is 58.1 cm³/mol. The van der Waals surface area contributed by atoms with Crippen molar-refractivity contribution in [3.63, 3.8) is 0 Å². The highest BCUT2D eigenvalue weighted by Gasteiger charge is 2.16. The lowest BCUT2D eigenvalue weighted by molar-refractivity contribution is -0.0283. The maximum absolute atomic E-state index is 5.77. The molecule has 0 spiro atoms. The molecule has 1 N–H and O–H groups in total. The Hall–Kier alpha value is -0.0800. The van der Waals surface area contributed by atoms with Gasteiger partial charge in [-0.05, 0) is 40.2 Å². The van der Waals surface area contributed by atoms with Crippen molar-refractivity contribution >= 4 is 0 Å². The fourth-order valence-corrected chi connectivity index (χ4v) is 0.902. The van der Waals surface area contributed by atoms with Crippen LogP contribution in [-0.2, 0) is 4.74 Å². The smallest absolute Gasteiger partial charge is 0.0624 e. The van der Waals surface area contributed by atoms with Gasteiger partial charge in [0.05, 0.1) is 12.2 Å². The van der Waals surface area contributed by atoms with Gasteiger partial charge in [-0.15, -0.1) is 0 Å². The zero-order valence-electron chi connectivity index (χ0n) is 9.81. The summed E-state index contributed by atoms with van der Waals surface area (Å²) in [5, 5.41) is 3.40. The third-order valence-corrected chi connectivity index (χ3v) is 2.32. The molecule has 2 nitrogen and oxygen atoms in total. The molecular formula is C11H25NO. The molecule has 0 aliphatic rings. The molecule has 1 atom stereocenters. The standard InChI is InChI=1S/C11H25NO/c1-6-8-12-10(3)9-13-11(4,5)7-2/h10,12H,6-9H2,1-5H3. The van der Waals surface area contributed by atoms with E-state index in [1.54, 1.807) is 0 Å². The van der Waals surface area contributed by atoms with Crippen LogP contribution >= 0.6 is 0 Å². The molecule has 0 aromatic rings. The van der Waals surface area contributed by atoms with Gasteiger partial charge in [-0.1, -0.05) is 13.8 Å². The molecule has 2 heteroatoms. The van der Waals surface area contributed by atoms with Crippen LogP contribution in [0.15, 0.2) is 0 Å². The SMILES string of the molecule is CCCNC(C)COC(C)(C)CC. The normalized spacial score (nSPS) is 14.5. The summed E-state index contributed by atoms with van der Waals surface area (Å²) < 4.78 is 5.77. The highest BCUT2D eigenvalue weighted by molar-refractivity contribution is 4.68. The molecule has 0 fully saturated rings. The predicted octanol–water partition coefficient (Wildman–Crippen LogP) is 2.58. The number of ether oxygens (including phenoxy) is 1. The quantitative estimate of drug-likeness (QED) is 0.661. The van der Waals surface area contributed by atoms with E-state index in [0.717, 1.165) is 19.6 Å². The lowest BCUT2D eigenvalue weighted by Crippen LogP contribution is -2.35. The molecule has 0 aliphatic carbocycles. The molecule has 0 heterocycles. The molecule has 0 amide bonds. The van der Waals surface area contributed by atoms with Crippen LogP contribution in [0, 0.1) is 0 Å². The molecule has 0 bridgehead atoms. The molecule has 0 radical (unpaired) electrons. The van der Waals surface area contributed by atoms with Crippen LogP contribution < -0.4 is 5.32 Å².